The van der Waals surface area contributed by atoms with Gasteiger partial charge in [0, 0.05) is 39.3 Å². The average molecular weight is 412 g/mol. The average Bonchev–Trinajstić information content (AvgIpc) is 3.10. The lowest BCUT2D eigenvalue weighted by Crippen LogP contribution is -2.51. The fourth-order valence-corrected chi connectivity index (χ4v) is 4.50. The summed E-state index contributed by atoms with van der Waals surface area (Å²) in [6, 6.07) is 16.0. The molecule has 4 rings (SSSR count). The fourth-order valence-electron chi connectivity index (χ4n) is 4.17. The van der Waals surface area contributed by atoms with E-state index in [9.17, 15) is 9.59 Å². The molecular formula is C23H26ClN3O2. The molecule has 0 unspecified atom stereocenters. The predicted molar refractivity (Wildman–Crippen MR) is 115 cm³/mol. The van der Waals surface area contributed by atoms with Crippen molar-refractivity contribution in [2.45, 2.75) is 19.9 Å². The van der Waals surface area contributed by atoms with Crippen LogP contribution in [-0.2, 0) is 16.1 Å². The molecule has 0 aromatic heterocycles. The Labute approximate surface area is 176 Å². The monoisotopic (exact) mass is 411 g/mol. The first-order valence-corrected chi connectivity index (χ1v) is 10.5. The molecule has 2 fully saturated rings. The summed E-state index contributed by atoms with van der Waals surface area (Å²) in [5.74, 6) is -0.763. The number of piperazine rings is 1. The van der Waals surface area contributed by atoms with Gasteiger partial charge in [-0.1, -0.05) is 48.0 Å². The highest BCUT2D eigenvalue weighted by Gasteiger charge is 2.40. The molecule has 0 N–H and O–H groups in total. The molecular weight excluding hydrogens is 386 g/mol. The van der Waals surface area contributed by atoms with Gasteiger partial charge < -0.3 is 9.80 Å². The second kappa shape index (κ2) is 8.56. The lowest BCUT2D eigenvalue weighted by Gasteiger charge is -2.35. The number of aryl methyl sites for hydroxylation is 1. The summed E-state index contributed by atoms with van der Waals surface area (Å²) in [5, 5.41) is 0.556. The molecule has 2 saturated heterocycles. The Balaban J connectivity index is 1.35. The van der Waals surface area contributed by atoms with Gasteiger partial charge in [-0.05, 0) is 36.6 Å². The Morgan fingerprint density at radius 2 is 1.76 bits per heavy atom. The van der Waals surface area contributed by atoms with Crippen LogP contribution in [0.4, 0.5) is 5.69 Å². The Bertz CT molecular complexity index is 894. The molecule has 0 aliphatic carbocycles. The second-order valence-electron chi connectivity index (χ2n) is 7.87. The van der Waals surface area contributed by atoms with Gasteiger partial charge in [0.1, 0.15) is 5.92 Å². The number of benzene rings is 2. The summed E-state index contributed by atoms with van der Waals surface area (Å²) < 4.78 is 0. The van der Waals surface area contributed by atoms with Crippen molar-refractivity contribution in [3.8, 4) is 0 Å². The summed E-state index contributed by atoms with van der Waals surface area (Å²) in [5.41, 5.74) is 3.03. The van der Waals surface area contributed by atoms with Crippen molar-refractivity contribution < 1.29 is 9.59 Å². The molecule has 0 radical (unpaired) electrons. The van der Waals surface area contributed by atoms with Crippen LogP contribution in [0.2, 0.25) is 5.02 Å². The maximum absolute atomic E-state index is 13.0. The van der Waals surface area contributed by atoms with Crippen LogP contribution in [0.5, 0.6) is 0 Å². The molecule has 2 heterocycles. The maximum atomic E-state index is 13.0. The van der Waals surface area contributed by atoms with E-state index in [0.29, 0.717) is 36.8 Å². The van der Waals surface area contributed by atoms with Crippen LogP contribution in [0, 0.1) is 12.8 Å². The van der Waals surface area contributed by atoms with Gasteiger partial charge in [-0.2, -0.15) is 0 Å². The van der Waals surface area contributed by atoms with Crippen LogP contribution >= 0.6 is 11.6 Å². The summed E-state index contributed by atoms with van der Waals surface area (Å²) >= 11 is 6.34. The van der Waals surface area contributed by atoms with E-state index in [1.165, 1.54) is 5.56 Å². The smallest absolute Gasteiger partial charge is 0.239 e. The van der Waals surface area contributed by atoms with Crippen LogP contribution in [0.1, 0.15) is 17.5 Å². The molecule has 5 nitrogen and oxygen atoms in total. The van der Waals surface area contributed by atoms with E-state index < -0.39 is 5.92 Å². The number of nitrogens with zero attached hydrogens (tertiary/aromatic N) is 3. The number of hydrogen-bond donors (Lipinski definition) is 0. The molecule has 0 bridgehead atoms. The first kappa shape index (κ1) is 19.9. The van der Waals surface area contributed by atoms with Crippen molar-refractivity contribution in [1.82, 2.24) is 9.80 Å². The topological polar surface area (TPSA) is 43.9 Å². The van der Waals surface area contributed by atoms with Crippen molar-refractivity contribution in [1.29, 1.82) is 0 Å². The van der Waals surface area contributed by atoms with Gasteiger partial charge >= 0.3 is 0 Å². The number of carbonyl (C=O) groups is 2. The van der Waals surface area contributed by atoms with E-state index in [1.54, 1.807) is 4.90 Å². The highest BCUT2D eigenvalue weighted by Crippen LogP contribution is 2.32. The summed E-state index contributed by atoms with van der Waals surface area (Å²) in [4.78, 5) is 31.8. The molecule has 29 heavy (non-hydrogen) atoms. The lowest BCUT2D eigenvalue weighted by atomic mass is 10.1. The Kier molecular flexibility index (Phi) is 5.88. The van der Waals surface area contributed by atoms with E-state index in [4.69, 9.17) is 11.6 Å². The Morgan fingerprint density at radius 3 is 2.45 bits per heavy atom. The summed E-state index contributed by atoms with van der Waals surface area (Å²) in [7, 11) is 0. The molecule has 0 saturated carbocycles. The zero-order chi connectivity index (χ0) is 20.4. The van der Waals surface area contributed by atoms with Gasteiger partial charge in [0.2, 0.25) is 11.8 Å². The van der Waals surface area contributed by atoms with Gasteiger partial charge in [-0.25, -0.2) is 0 Å². The van der Waals surface area contributed by atoms with Crippen molar-refractivity contribution in [2.75, 3.05) is 37.6 Å². The van der Waals surface area contributed by atoms with Gasteiger partial charge in [0.05, 0.1) is 10.7 Å². The minimum atomic E-state index is -0.590. The molecule has 6 heteroatoms. The molecule has 2 amide bonds. The molecule has 152 valence electrons. The van der Waals surface area contributed by atoms with E-state index in [-0.39, 0.29) is 11.8 Å². The van der Waals surface area contributed by atoms with Crippen LogP contribution < -0.4 is 4.90 Å². The van der Waals surface area contributed by atoms with Crippen LogP contribution in [-0.4, -0.2) is 54.3 Å². The Morgan fingerprint density at radius 1 is 1.03 bits per heavy atom. The van der Waals surface area contributed by atoms with Crippen LogP contribution in [0.3, 0.4) is 0 Å². The molecule has 2 aliphatic rings. The quantitative estimate of drug-likeness (QED) is 0.725. The summed E-state index contributed by atoms with van der Waals surface area (Å²) in [6.07, 6.45) is 0.548. The maximum Gasteiger partial charge on any atom is 0.239 e. The molecule has 1 atom stereocenters. The second-order valence-corrected chi connectivity index (χ2v) is 8.28. The molecule has 2 aromatic rings. The van der Waals surface area contributed by atoms with Crippen molar-refractivity contribution in [3.05, 3.63) is 64.7 Å². The number of amides is 2. The largest absolute Gasteiger partial charge is 0.339 e. The number of halogens is 1. The third-order valence-corrected chi connectivity index (χ3v) is 6.13. The first-order chi connectivity index (χ1) is 14.0. The van der Waals surface area contributed by atoms with E-state index >= 15 is 0 Å². The zero-order valence-corrected chi connectivity index (χ0v) is 17.4. The lowest BCUT2D eigenvalue weighted by molar-refractivity contribution is -0.141. The predicted octanol–water partition coefficient (Wildman–Crippen LogP) is 3.35. The fraction of sp³-hybridized carbons (Fsp3) is 0.391. The SMILES string of the molecule is Cc1ccc(N2CC[C@@H](C(=O)N3CCN(Cc4ccccc4)CC3)C2=O)c(Cl)c1. The van der Waals surface area contributed by atoms with Gasteiger partial charge in [0.25, 0.3) is 0 Å². The van der Waals surface area contributed by atoms with E-state index in [2.05, 4.69) is 17.0 Å². The highest BCUT2D eigenvalue weighted by atomic mass is 35.5. The van der Waals surface area contributed by atoms with Crippen LogP contribution in [0.25, 0.3) is 0 Å². The van der Waals surface area contributed by atoms with Crippen molar-refractivity contribution in [3.63, 3.8) is 0 Å². The van der Waals surface area contributed by atoms with Gasteiger partial charge in [-0.3, -0.25) is 14.5 Å². The third-order valence-electron chi connectivity index (χ3n) is 5.83. The van der Waals surface area contributed by atoms with Gasteiger partial charge in [-0.15, -0.1) is 0 Å². The van der Waals surface area contributed by atoms with Gasteiger partial charge in [0.15, 0.2) is 0 Å². The number of anilines is 1. The van der Waals surface area contributed by atoms with E-state index in [1.807, 2.05) is 48.2 Å². The van der Waals surface area contributed by atoms with Crippen molar-refractivity contribution >= 4 is 29.1 Å². The van der Waals surface area contributed by atoms with E-state index in [0.717, 1.165) is 25.2 Å². The molecule has 0 spiro atoms. The highest BCUT2D eigenvalue weighted by molar-refractivity contribution is 6.34. The van der Waals surface area contributed by atoms with Crippen molar-refractivity contribution in [2.24, 2.45) is 5.92 Å². The normalized spacial score (nSPS) is 20.3. The van der Waals surface area contributed by atoms with Crippen LogP contribution in [0.15, 0.2) is 48.5 Å². The first-order valence-electron chi connectivity index (χ1n) is 10.2. The molecule has 2 aliphatic heterocycles. The molecule has 2 aromatic carbocycles. The number of carbonyl (C=O) groups excluding carboxylic acids is 2. The third kappa shape index (κ3) is 4.31. The standard InChI is InChI=1S/C23H26ClN3O2/c1-17-7-8-21(20(24)15-17)27-10-9-19(23(27)29)22(28)26-13-11-25(12-14-26)16-18-5-3-2-4-6-18/h2-8,15,19H,9-14,16H2,1H3/t19-/m0/s1. The number of hydrogen-bond acceptors (Lipinski definition) is 3. The number of rotatable bonds is 4. The summed E-state index contributed by atoms with van der Waals surface area (Å²) in [6.45, 7) is 6.38. The minimum absolute atomic E-state index is 0.0416. The minimum Gasteiger partial charge on any atom is -0.339 e. The zero-order valence-electron chi connectivity index (χ0n) is 16.7. The Hall–Kier alpha value is -2.37.